The highest BCUT2D eigenvalue weighted by molar-refractivity contribution is 5.94. The Morgan fingerprint density at radius 3 is 2.56 bits per heavy atom. The molecule has 1 aliphatic rings. The zero-order valence-electron chi connectivity index (χ0n) is 18.3. The minimum Gasteiger partial charge on any atom is -0.494 e. The second-order valence-corrected chi connectivity index (χ2v) is 8.18. The number of nitrogens with two attached hydrogens (primary N) is 1. The number of benzene rings is 3. The van der Waals surface area contributed by atoms with E-state index in [-0.39, 0.29) is 0 Å². The minimum atomic E-state index is -0.418. The zero-order valence-corrected chi connectivity index (χ0v) is 18.3. The van der Waals surface area contributed by atoms with Crippen molar-refractivity contribution in [2.45, 2.75) is 25.6 Å². The number of nitrogens with zero attached hydrogens (tertiary/aromatic N) is 1. The largest absolute Gasteiger partial charge is 0.494 e. The molecular formula is C27H30N2O3. The number of carbonyl (C=O) groups is 1. The van der Waals surface area contributed by atoms with Crippen LogP contribution in [0.1, 0.15) is 28.8 Å². The number of ether oxygens (including phenoxy) is 2. The van der Waals surface area contributed by atoms with Crippen molar-refractivity contribution in [3.63, 3.8) is 0 Å². The lowest BCUT2D eigenvalue weighted by Crippen LogP contribution is -2.25. The van der Waals surface area contributed by atoms with Gasteiger partial charge in [0.2, 0.25) is 5.91 Å². The molecule has 3 aromatic carbocycles. The first-order chi connectivity index (χ1) is 15.7. The van der Waals surface area contributed by atoms with Crippen LogP contribution >= 0.6 is 0 Å². The Kier molecular flexibility index (Phi) is 7.54. The van der Waals surface area contributed by atoms with E-state index in [1.165, 1.54) is 5.56 Å². The number of hydrogen-bond acceptors (Lipinski definition) is 4. The van der Waals surface area contributed by atoms with Gasteiger partial charge in [-0.25, -0.2) is 0 Å². The average molecular weight is 431 g/mol. The molecular weight excluding hydrogens is 400 g/mol. The minimum absolute atomic E-state index is 0.316. The third-order valence-corrected chi connectivity index (χ3v) is 5.78. The van der Waals surface area contributed by atoms with Crippen molar-refractivity contribution in [1.29, 1.82) is 0 Å². The van der Waals surface area contributed by atoms with Gasteiger partial charge < -0.3 is 20.1 Å². The lowest BCUT2D eigenvalue weighted by atomic mass is 10.0. The van der Waals surface area contributed by atoms with Crippen LogP contribution in [0.2, 0.25) is 0 Å². The fourth-order valence-electron chi connectivity index (χ4n) is 4.00. The van der Waals surface area contributed by atoms with Crippen molar-refractivity contribution >= 4 is 5.91 Å². The summed E-state index contributed by atoms with van der Waals surface area (Å²) >= 11 is 0. The van der Waals surface area contributed by atoms with Gasteiger partial charge in [0.1, 0.15) is 5.75 Å². The second kappa shape index (κ2) is 10.9. The summed E-state index contributed by atoms with van der Waals surface area (Å²) in [5.41, 5.74) is 9.11. The van der Waals surface area contributed by atoms with Gasteiger partial charge in [-0.3, -0.25) is 4.79 Å². The topological polar surface area (TPSA) is 64.8 Å². The molecule has 0 bridgehead atoms. The van der Waals surface area contributed by atoms with Gasteiger partial charge in [-0.2, -0.15) is 0 Å². The smallest absolute Gasteiger partial charge is 0.248 e. The molecule has 1 heterocycles. The Morgan fingerprint density at radius 1 is 0.969 bits per heavy atom. The summed E-state index contributed by atoms with van der Waals surface area (Å²) in [6.07, 6.45) is 2.39. The van der Waals surface area contributed by atoms with Crippen LogP contribution in [0.25, 0.3) is 11.1 Å². The second-order valence-electron chi connectivity index (χ2n) is 8.18. The molecule has 3 aromatic rings. The van der Waals surface area contributed by atoms with Gasteiger partial charge in [-0.1, -0.05) is 54.6 Å². The van der Waals surface area contributed by atoms with E-state index in [1.807, 2.05) is 48.5 Å². The molecule has 0 aliphatic carbocycles. The Hall–Kier alpha value is -3.15. The molecule has 0 radical (unpaired) electrons. The van der Waals surface area contributed by atoms with Crippen LogP contribution in [0.3, 0.4) is 0 Å². The number of primary amides is 1. The lowest BCUT2D eigenvalue weighted by molar-refractivity contribution is 0.0463. The van der Waals surface area contributed by atoms with E-state index in [4.69, 9.17) is 15.2 Å². The van der Waals surface area contributed by atoms with E-state index in [0.29, 0.717) is 24.9 Å². The molecule has 4 rings (SSSR count). The van der Waals surface area contributed by atoms with E-state index < -0.39 is 5.91 Å². The summed E-state index contributed by atoms with van der Waals surface area (Å²) in [5, 5.41) is 0. The molecule has 32 heavy (non-hydrogen) atoms. The SMILES string of the molecule is NC(=O)c1cccc(-c2ccc(OCCCN3CC[C@@H](OCc4ccccc4)C3)cc2)c1. The van der Waals surface area contributed by atoms with Gasteiger partial charge in [-0.05, 0) is 53.8 Å². The predicted molar refractivity (Wildman–Crippen MR) is 127 cm³/mol. The van der Waals surface area contributed by atoms with Crippen molar-refractivity contribution in [1.82, 2.24) is 4.90 Å². The van der Waals surface area contributed by atoms with Crippen LogP contribution in [0.15, 0.2) is 78.9 Å². The maximum absolute atomic E-state index is 11.4. The molecule has 5 heteroatoms. The fraction of sp³-hybridized carbons (Fsp3) is 0.296. The Bertz CT molecular complexity index is 1000. The molecule has 2 N–H and O–H groups in total. The molecule has 166 valence electrons. The standard InChI is InChI=1S/C27H30N2O3/c28-27(30)24-9-4-8-23(18-24)22-10-12-25(13-11-22)31-17-5-15-29-16-14-26(19-29)32-20-21-6-2-1-3-7-21/h1-4,6-13,18,26H,5,14-17,19-20H2,(H2,28,30)/t26-/m1/s1. The Morgan fingerprint density at radius 2 is 1.78 bits per heavy atom. The highest BCUT2D eigenvalue weighted by Crippen LogP contribution is 2.23. The van der Waals surface area contributed by atoms with Gasteiger partial charge in [0, 0.05) is 25.2 Å². The van der Waals surface area contributed by atoms with Crippen LogP contribution in [-0.4, -0.2) is 43.2 Å². The van der Waals surface area contributed by atoms with Crippen LogP contribution in [0.5, 0.6) is 5.75 Å². The first-order valence-electron chi connectivity index (χ1n) is 11.2. The molecule has 1 atom stereocenters. The molecule has 5 nitrogen and oxygen atoms in total. The number of likely N-dealkylation sites (tertiary alicyclic amines) is 1. The molecule has 0 saturated carbocycles. The van der Waals surface area contributed by atoms with E-state index >= 15 is 0 Å². The average Bonchev–Trinajstić information content (AvgIpc) is 3.29. The fourth-order valence-corrected chi connectivity index (χ4v) is 4.00. The number of rotatable bonds is 10. The van der Waals surface area contributed by atoms with Crippen molar-refractivity contribution in [3.8, 4) is 16.9 Å². The van der Waals surface area contributed by atoms with Gasteiger partial charge >= 0.3 is 0 Å². The highest BCUT2D eigenvalue weighted by Gasteiger charge is 2.22. The van der Waals surface area contributed by atoms with E-state index in [0.717, 1.165) is 49.4 Å². The number of hydrogen-bond donors (Lipinski definition) is 1. The van der Waals surface area contributed by atoms with Gasteiger partial charge in [0.15, 0.2) is 0 Å². The molecule has 1 amide bonds. The summed E-state index contributed by atoms with van der Waals surface area (Å²) in [7, 11) is 0. The molecule has 1 aliphatic heterocycles. The number of amides is 1. The van der Waals surface area contributed by atoms with Crippen molar-refractivity contribution < 1.29 is 14.3 Å². The zero-order chi connectivity index (χ0) is 22.2. The predicted octanol–water partition coefficient (Wildman–Crippen LogP) is 4.51. The van der Waals surface area contributed by atoms with Crippen molar-refractivity contribution in [2.24, 2.45) is 5.73 Å². The maximum atomic E-state index is 11.4. The summed E-state index contributed by atoms with van der Waals surface area (Å²) in [6, 6.07) is 25.6. The highest BCUT2D eigenvalue weighted by atomic mass is 16.5. The first kappa shape index (κ1) is 22.1. The summed E-state index contributed by atoms with van der Waals surface area (Å²) in [5.74, 6) is 0.434. The van der Waals surface area contributed by atoms with Gasteiger partial charge in [0.25, 0.3) is 0 Å². The Balaban J connectivity index is 1.16. The van der Waals surface area contributed by atoms with Gasteiger partial charge in [0.05, 0.1) is 19.3 Å². The van der Waals surface area contributed by atoms with Gasteiger partial charge in [-0.15, -0.1) is 0 Å². The Labute approximate surface area is 189 Å². The molecule has 0 spiro atoms. The van der Waals surface area contributed by atoms with E-state index in [2.05, 4.69) is 29.2 Å². The van der Waals surface area contributed by atoms with Crippen LogP contribution in [0, 0.1) is 0 Å². The molecule has 1 saturated heterocycles. The van der Waals surface area contributed by atoms with Crippen LogP contribution in [0.4, 0.5) is 0 Å². The normalized spacial score (nSPS) is 16.2. The maximum Gasteiger partial charge on any atom is 0.248 e. The third-order valence-electron chi connectivity index (χ3n) is 5.78. The molecule has 1 fully saturated rings. The van der Waals surface area contributed by atoms with Crippen molar-refractivity contribution in [2.75, 3.05) is 26.2 Å². The van der Waals surface area contributed by atoms with Crippen molar-refractivity contribution in [3.05, 3.63) is 90.0 Å². The third kappa shape index (κ3) is 6.19. The lowest BCUT2D eigenvalue weighted by Gasteiger charge is -2.16. The number of carbonyl (C=O) groups excluding carboxylic acids is 1. The quantitative estimate of drug-likeness (QED) is 0.481. The van der Waals surface area contributed by atoms with E-state index in [1.54, 1.807) is 6.07 Å². The molecule has 0 unspecified atom stereocenters. The molecule has 0 aromatic heterocycles. The first-order valence-corrected chi connectivity index (χ1v) is 11.2. The monoisotopic (exact) mass is 430 g/mol. The van der Waals surface area contributed by atoms with Crippen LogP contribution in [-0.2, 0) is 11.3 Å². The summed E-state index contributed by atoms with van der Waals surface area (Å²) in [6.45, 7) is 4.46. The van der Waals surface area contributed by atoms with E-state index in [9.17, 15) is 4.79 Å². The van der Waals surface area contributed by atoms with Crippen LogP contribution < -0.4 is 10.5 Å². The summed E-state index contributed by atoms with van der Waals surface area (Å²) in [4.78, 5) is 13.8. The summed E-state index contributed by atoms with van der Waals surface area (Å²) < 4.78 is 12.0.